The number of piperidine rings is 1. The van der Waals surface area contributed by atoms with Gasteiger partial charge in [-0.1, -0.05) is 0 Å². The van der Waals surface area contributed by atoms with Crippen LogP contribution in [0.3, 0.4) is 0 Å². The van der Waals surface area contributed by atoms with Crippen molar-refractivity contribution in [2.24, 2.45) is 5.92 Å². The monoisotopic (exact) mass is 210 g/mol. The first-order valence-corrected chi connectivity index (χ1v) is 6.26. The van der Waals surface area contributed by atoms with E-state index in [0.717, 1.165) is 50.9 Å². The van der Waals surface area contributed by atoms with Crippen LogP contribution in [-0.4, -0.2) is 37.0 Å². The van der Waals surface area contributed by atoms with Crippen LogP contribution in [0.5, 0.6) is 0 Å². The fourth-order valence-electron chi connectivity index (χ4n) is 2.03. The van der Waals surface area contributed by atoms with Crippen molar-refractivity contribution in [1.82, 2.24) is 4.90 Å². The molecule has 0 unspecified atom stereocenters. The number of hydrogen-bond acceptors (Lipinski definition) is 2. The van der Waals surface area contributed by atoms with E-state index < -0.39 is 0 Å². The van der Waals surface area contributed by atoms with E-state index in [-0.39, 0.29) is 0 Å². The predicted molar refractivity (Wildman–Crippen MR) is 61.3 cm³/mol. The molecule has 0 amide bonds. The van der Waals surface area contributed by atoms with Crippen LogP contribution < -0.4 is 0 Å². The van der Waals surface area contributed by atoms with Gasteiger partial charge in [0.2, 0.25) is 0 Å². The Kier molecular flexibility index (Phi) is 4.01. The minimum atomic E-state index is 0.837. The highest BCUT2D eigenvalue weighted by molar-refractivity contribution is 5.79. The molecule has 1 heterocycles. The standard InChI is InChI=1S/C12H22N2O/c13-12-4-1-2-7-14(12)8-3-9-15-10-11-5-6-11/h11,13H,1-10H2. The van der Waals surface area contributed by atoms with Crippen LogP contribution in [0.2, 0.25) is 0 Å². The van der Waals surface area contributed by atoms with Crippen molar-refractivity contribution in [1.29, 1.82) is 5.41 Å². The first-order chi connectivity index (χ1) is 7.36. The minimum Gasteiger partial charge on any atom is -0.381 e. The zero-order valence-corrected chi connectivity index (χ0v) is 9.50. The van der Waals surface area contributed by atoms with Gasteiger partial charge in [0, 0.05) is 32.7 Å². The van der Waals surface area contributed by atoms with Crippen molar-refractivity contribution in [3.05, 3.63) is 0 Å². The molecular formula is C12H22N2O. The quantitative estimate of drug-likeness (QED) is 0.683. The first-order valence-electron chi connectivity index (χ1n) is 6.26. The van der Waals surface area contributed by atoms with Gasteiger partial charge in [0.05, 0.1) is 5.84 Å². The molecule has 1 N–H and O–H groups in total. The maximum absolute atomic E-state index is 7.79. The Hall–Kier alpha value is -0.570. The van der Waals surface area contributed by atoms with E-state index >= 15 is 0 Å². The van der Waals surface area contributed by atoms with Gasteiger partial charge < -0.3 is 9.64 Å². The lowest BCUT2D eigenvalue weighted by Crippen LogP contribution is -2.35. The van der Waals surface area contributed by atoms with E-state index in [4.69, 9.17) is 10.1 Å². The van der Waals surface area contributed by atoms with Crippen molar-refractivity contribution < 1.29 is 4.74 Å². The molecule has 15 heavy (non-hydrogen) atoms. The van der Waals surface area contributed by atoms with Crippen molar-refractivity contribution in [2.75, 3.05) is 26.3 Å². The predicted octanol–water partition coefficient (Wildman–Crippen LogP) is 2.27. The molecule has 1 aliphatic heterocycles. The maximum Gasteiger partial charge on any atom is 0.0957 e. The zero-order chi connectivity index (χ0) is 10.5. The SMILES string of the molecule is N=C1CCCCN1CCCOCC1CC1. The summed E-state index contributed by atoms with van der Waals surface area (Å²) in [6.07, 6.45) is 7.25. The smallest absolute Gasteiger partial charge is 0.0957 e. The molecule has 0 bridgehead atoms. The van der Waals surface area contributed by atoms with E-state index in [9.17, 15) is 0 Å². The molecule has 0 aromatic carbocycles. The van der Waals surface area contributed by atoms with Gasteiger partial charge in [0.1, 0.15) is 0 Å². The summed E-state index contributed by atoms with van der Waals surface area (Å²) in [4.78, 5) is 2.21. The Bertz CT molecular complexity index is 214. The fraction of sp³-hybridized carbons (Fsp3) is 0.917. The number of hydrogen-bond donors (Lipinski definition) is 1. The molecule has 1 aliphatic carbocycles. The first kappa shape index (κ1) is 10.9. The molecule has 0 atom stereocenters. The normalized spacial score (nSPS) is 22.1. The van der Waals surface area contributed by atoms with Gasteiger partial charge in [-0.15, -0.1) is 0 Å². The lowest BCUT2D eigenvalue weighted by atomic mass is 10.1. The zero-order valence-electron chi connectivity index (χ0n) is 9.50. The molecule has 0 aromatic heterocycles. The average molecular weight is 210 g/mol. The third-order valence-electron chi connectivity index (χ3n) is 3.24. The topological polar surface area (TPSA) is 36.3 Å². The van der Waals surface area contributed by atoms with Crippen molar-refractivity contribution >= 4 is 5.84 Å². The maximum atomic E-state index is 7.79. The van der Waals surface area contributed by atoms with E-state index in [1.807, 2.05) is 0 Å². The highest BCUT2D eigenvalue weighted by atomic mass is 16.5. The molecule has 0 aromatic rings. The van der Waals surface area contributed by atoms with Gasteiger partial charge in [-0.3, -0.25) is 5.41 Å². The molecule has 1 saturated carbocycles. The lowest BCUT2D eigenvalue weighted by Gasteiger charge is -2.29. The lowest BCUT2D eigenvalue weighted by molar-refractivity contribution is 0.117. The summed E-state index contributed by atoms with van der Waals surface area (Å²) in [5.74, 6) is 1.71. The third-order valence-corrected chi connectivity index (χ3v) is 3.24. The summed E-state index contributed by atoms with van der Waals surface area (Å²) >= 11 is 0. The molecule has 2 fully saturated rings. The van der Waals surface area contributed by atoms with Crippen LogP contribution in [0.25, 0.3) is 0 Å². The van der Waals surface area contributed by atoms with Crippen molar-refractivity contribution in [3.63, 3.8) is 0 Å². The van der Waals surface area contributed by atoms with Crippen molar-refractivity contribution in [2.45, 2.75) is 38.5 Å². The van der Waals surface area contributed by atoms with Crippen LogP contribution in [0, 0.1) is 11.3 Å². The van der Waals surface area contributed by atoms with E-state index in [2.05, 4.69) is 4.90 Å². The van der Waals surface area contributed by atoms with Crippen LogP contribution in [0.15, 0.2) is 0 Å². The van der Waals surface area contributed by atoms with Gasteiger partial charge in [-0.05, 0) is 38.0 Å². The largest absolute Gasteiger partial charge is 0.381 e. The molecule has 3 heteroatoms. The van der Waals surface area contributed by atoms with Gasteiger partial charge in [-0.2, -0.15) is 0 Å². The second-order valence-corrected chi connectivity index (χ2v) is 4.76. The minimum absolute atomic E-state index is 0.837. The van der Waals surface area contributed by atoms with Crippen LogP contribution in [0.4, 0.5) is 0 Å². The molecule has 0 spiro atoms. The van der Waals surface area contributed by atoms with Gasteiger partial charge in [0.15, 0.2) is 0 Å². The van der Waals surface area contributed by atoms with E-state index in [1.54, 1.807) is 0 Å². The summed E-state index contributed by atoms with van der Waals surface area (Å²) in [6.45, 7) is 3.95. The number of amidine groups is 1. The summed E-state index contributed by atoms with van der Waals surface area (Å²) in [6, 6.07) is 0. The Labute approximate surface area is 92.3 Å². The van der Waals surface area contributed by atoms with Gasteiger partial charge >= 0.3 is 0 Å². The molecule has 3 nitrogen and oxygen atoms in total. The van der Waals surface area contributed by atoms with Gasteiger partial charge in [0.25, 0.3) is 0 Å². The number of likely N-dealkylation sites (tertiary alicyclic amines) is 1. The Morgan fingerprint density at radius 1 is 1.33 bits per heavy atom. The fourth-order valence-corrected chi connectivity index (χ4v) is 2.03. The molecule has 0 radical (unpaired) electrons. The molecule has 2 aliphatic rings. The molecule has 86 valence electrons. The highest BCUT2D eigenvalue weighted by Gasteiger charge is 2.21. The second-order valence-electron chi connectivity index (χ2n) is 4.76. The third kappa shape index (κ3) is 3.82. The number of nitrogens with one attached hydrogen (secondary N) is 1. The highest BCUT2D eigenvalue weighted by Crippen LogP contribution is 2.28. The Balaban J connectivity index is 1.50. The summed E-state index contributed by atoms with van der Waals surface area (Å²) in [7, 11) is 0. The van der Waals surface area contributed by atoms with Crippen molar-refractivity contribution in [3.8, 4) is 0 Å². The molecule has 1 saturated heterocycles. The van der Waals surface area contributed by atoms with Crippen LogP contribution >= 0.6 is 0 Å². The molecular weight excluding hydrogens is 188 g/mol. The average Bonchev–Trinajstić information content (AvgIpc) is 3.04. The van der Waals surface area contributed by atoms with Crippen LogP contribution in [0.1, 0.15) is 38.5 Å². The Morgan fingerprint density at radius 3 is 2.93 bits per heavy atom. The summed E-state index contributed by atoms with van der Waals surface area (Å²) < 4.78 is 5.59. The molecule has 2 rings (SSSR count). The summed E-state index contributed by atoms with van der Waals surface area (Å²) in [5.41, 5.74) is 0. The second kappa shape index (κ2) is 5.50. The summed E-state index contributed by atoms with van der Waals surface area (Å²) in [5, 5.41) is 7.79. The van der Waals surface area contributed by atoms with Crippen LogP contribution in [-0.2, 0) is 4.74 Å². The van der Waals surface area contributed by atoms with E-state index in [1.165, 1.54) is 25.7 Å². The number of ether oxygens (including phenoxy) is 1. The van der Waals surface area contributed by atoms with E-state index in [0.29, 0.717) is 0 Å². The van der Waals surface area contributed by atoms with Gasteiger partial charge in [-0.25, -0.2) is 0 Å². The number of rotatable bonds is 6. The Morgan fingerprint density at radius 2 is 2.20 bits per heavy atom. The number of nitrogens with zero attached hydrogens (tertiary/aromatic N) is 1.